The highest BCUT2D eigenvalue weighted by Gasteiger charge is 2.66. The Labute approximate surface area is 114 Å². The lowest BCUT2D eigenvalue weighted by Crippen LogP contribution is -2.66. The van der Waals surface area contributed by atoms with E-state index in [0.717, 1.165) is 32.2 Å². The van der Waals surface area contributed by atoms with Crippen LogP contribution in [-0.4, -0.2) is 34.5 Å². The fourth-order valence-corrected chi connectivity index (χ4v) is 4.31. The molecule has 0 unspecified atom stereocenters. The largest absolute Gasteiger partial charge is 0.444 e. The van der Waals surface area contributed by atoms with Crippen molar-refractivity contribution in [1.82, 2.24) is 4.90 Å². The Bertz CT molecular complexity index is 426. The molecule has 3 atom stereocenters. The molecule has 19 heavy (non-hydrogen) atoms. The molecular weight excluding hydrogens is 242 g/mol. The summed E-state index contributed by atoms with van der Waals surface area (Å²) in [5.41, 5.74) is -0.651. The molecule has 3 rings (SSSR count). The van der Waals surface area contributed by atoms with E-state index in [0.29, 0.717) is 18.1 Å². The van der Waals surface area contributed by atoms with Crippen molar-refractivity contribution in [3.63, 3.8) is 0 Å². The van der Waals surface area contributed by atoms with Crippen molar-refractivity contribution in [1.29, 1.82) is 0 Å². The maximum absolute atomic E-state index is 12.4. The molecule has 1 saturated heterocycles. The second kappa shape index (κ2) is 3.97. The molecule has 0 aromatic rings. The van der Waals surface area contributed by atoms with E-state index in [4.69, 9.17) is 4.74 Å². The molecule has 0 radical (unpaired) electrons. The molecule has 106 valence electrons. The van der Waals surface area contributed by atoms with Crippen LogP contribution >= 0.6 is 0 Å². The van der Waals surface area contributed by atoms with E-state index in [9.17, 15) is 9.59 Å². The van der Waals surface area contributed by atoms with Gasteiger partial charge >= 0.3 is 6.09 Å². The number of amides is 1. The molecule has 1 aliphatic heterocycles. The van der Waals surface area contributed by atoms with Gasteiger partial charge in [0.25, 0.3) is 0 Å². The zero-order valence-electron chi connectivity index (χ0n) is 12.1. The molecule has 1 amide bonds. The fraction of sp³-hybridized carbons (Fsp3) is 0.867. The van der Waals surface area contributed by atoms with Crippen molar-refractivity contribution in [2.24, 2.45) is 11.8 Å². The van der Waals surface area contributed by atoms with Crippen LogP contribution in [0.3, 0.4) is 0 Å². The zero-order valence-corrected chi connectivity index (χ0v) is 12.1. The molecule has 0 aromatic carbocycles. The second-order valence-electron chi connectivity index (χ2n) is 7.22. The average molecular weight is 265 g/mol. The van der Waals surface area contributed by atoms with Gasteiger partial charge in [-0.05, 0) is 52.4 Å². The van der Waals surface area contributed by atoms with Crippen LogP contribution in [0.2, 0.25) is 0 Å². The molecule has 3 fully saturated rings. The van der Waals surface area contributed by atoms with E-state index < -0.39 is 5.60 Å². The predicted octanol–water partition coefficient (Wildman–Crippen LogP) is 2.76. The van der Waals surface area contributed by atoms with Gasteiger partial charge in [-0.15, -0.1) is 0 Å². The smallest absolute Gasteiger partial charge is 0.410 e. The van der Waals surface area contributed by atoms with Crippen molar-refractivity contribution in [2.45, 2.75) is 64.0 Å². The summed E-state index contributed by atoms with van der Waals surface area (Å²) >= 11 is 0. The molecule has 4 nitrogen and oxygen atoms in total. The average Bonchev–Trinajstić information content (AvgIpc) is 2.51. The Kier molecular flexibility index (Phi) is 2.70. The van der Waals surface area contributed by atoms with Gasteiger partial charge in [0.2, 0.25) is 0 Å². The number of ketones is 1. The molecule has 0 N–H and O–H groups in total. The monoisotopic (exact) mass is 265 g/mol. The highest BCUT2D eigenvalue weighted by atomic mass is 16.6. The third kappa shape index (κ3) is 1.79. The molecular formula is C15H23NO3. The van der Waals surface area contributed by atoms with Gasteiger partial charge in [0.1, 0.15) is 11.4 Å². The first-order valence-corrected chi connectivity index (χ1v) is 7.38. The van der Waals surface area contributed by atoms with Crippen LogP contribution in [0.1, 0.15) is 52.9 Å². The van der Waals surface area contributed by atoms with Crippen molar-refractivity contribution < 1.29 is 14.3 Å². The van der Waals surface area contributed by atoms with E-state index in [1.54, 1.807) is 0 Å². The fourth-order valence-electron chi connectivity index (χ4n) is 4.31. The molecule has 0 bridgehead atoms. The van der Waals surface area contributed by atoms with Gasteiger partial charge in [-0.2, -0.15) is 0 Å². The third-order valence-corrected chi connectivity index (χ3v) is 5.04. The Morgan fingerprint density at radius 1 is 1.42 bits per heavy atom. The topological polar surface area (TPSA) is 46.6 Å². The Morgan fingerprint density at radius 2 is 2.16 bits per heavy atom. The van der Waals surface area contributed by atoms with Crippen molar-refractivity contribution in [3.05, 3.63) is 0 Å². The summed E-state index contributed by atoms with van der Waals surface area (Å²) in [5, 5.41) is 0. The number of likely N-dealkylation sites (tertiary alicyclic amines) is 1. The minimum Gasteiger partial charge on any atom is -0.444 e. The van der Waals surface area contributed by atoms with Crippen molar-refractivity contribution >= 4 is 11.9 Å². The first kappa shape index (κ1) is 12.9. The van der Waals surface area contributed by atoms with E-state index in [1.807, 2.05) is 25.7 Å². The maximum Gasteiger partial charge on any atom is 0.410 e. The van der Waals surface area contributed by atoms with Gasteiger partial charge in [0.05, 0.1) is 5.54 Å². The summed E-state index contributed by atoms with van der Waals surface area (Å²) < 4.78 is 5.53. The molecule has 0 aromatic heterocycles. The zero-order chi connectivity index (χ0) is 13.8. The second-order valence-corrected chi connectivity index (χ2v) is 7.22. The van der Waals surface area contributed by atoms with E-state index in [1.165, 1.54) is 0 Å². The number of hydrogen-bond acceptors (Lipinski definition) is 3. The van der Waals surface area contributed by atoms with E-state index in [-0.39, 0.29) is 17.6 Å². The van der Waals surface area contributed by atoms with Crippen LogP contribution in [0.25, 0.3) is 0 Å². The van der Waals surface area contributed by atoms with Gasteiger partial charge < -0.3 is 9.64 Å². The summed E-state index contributed by atoms with van der Waals surface area (Å²) in [6.07, 6.45) is 4.38. The Morgan fingerprint density at radius 3 is 2.84 bits per heavy atom. The first-order chi connectivity index (χ1) is 8.84. The van der Waals surface area contributed by atoms with Gasteiger partial charge in [-0.1, -0.05) is 0 Å². The van der Waals surface area contributed by atoms with Crippen LogP contribution < -0.4 is 0 Å². The van der Waals surface area contributed by atoms with E-state index >= 15 is 0 Å². The summed E-state index contributed by atoms with van der Waals surface area (Å²) in [5.74, 6) is 0.966. The number of rotatable bonds is 0. The summed E-state index contributed by atoms with van der Waals surface area (Å²) in [4.78, 5) is 26.4. The first-order valence-electron chi connectivity index (χ1n) is 7.38. The quantitative estimate of drug-likeness (QED) is 0.676. The summed E-state index contributed by atoms with van der Waals surface area (Å²) in [6.45, 7) is 6.42. The third-order valence-electron chi connectivity index (χ3n) is 5.04. The highest BCUT2D eigenvalue weighted by molar-refractivity contribution is 5.86. The lowest BCUT2D eigenvalue weighted by Gasteiger charge is -2.57. The van der Waals surface area contributed by atoms with E-state index in [2.05, 4.69) is 0 Å². The van der Waals surface area contributed by atoms with Crippen molar-refractivity contribution in [2.75, 3.05) is 6.54 Å². The molecule has 2 aliphatic carbocycles. The van der Waals surface area contributed by atoms with Crippen LogP contribution in [0.5, 0.6) is 0 Å². The Hall–Kier alpha value is -1.06. The minimum atomic E-state index is -0.469. The standard InChI is InChI=1S/C15H23NO3/c1-14(2,3)19-13(18)16-8-6-10-9-11-12(17)5-4-7-15(10,11)16/h10-11H,4-9H2,1-3H3/t10-,11+,15-/m0/s1. The van der Waals surface area contributed by atoms with Crippen LogP contribution in [0, 0.1) is 11.8 Å². The van der Waals surface area contributed by atoms with Crippen LogP contribution in [0.4, 0.5) is 4.79 Å². The molecule has 2 saturated carbocycles. The van der Waals surface area contributed by atoms with Gasteiger partial charge in [0.15, 0.2) is 0 Å². The van der Waals surface area contributed by atoms with Gasteiger partial charge in [-0.3, -0.25) is 4.79 Å². The maximum atomic E-state index is 12.4. The highest BCUT2D eigenvalue weighted by Crippen LogP contribution is 2.59. The molecule has 1 heterocycles. The van der Waals surface area contributed by atoms with Gasteiger partial charge in [0, 0.05) is 18.9 Å². The number of carbonyl (C=O) groups excluding carboxylic acids is 2. The number of ether oxygens (including phenoxy) is 1. The number of hydrogen-bond donors (Lipinski definition) is 0. The number of Topliss-reactive ketones (excluding diaryl/α,β-unsaturated/α-hetero) is 1. The number of carbonyl (C=O) groups is 2. The molecule has 1 spiro atoms. The lowest BCUT2D eigenvalue weighted by atomic mass is 9.53. The minimum absolute atomic E-state index is 0.0845. The molecule has 3 aliphatic rings. The van der Waals surface area contributed by atoms with Gasteiger partial charge in [-0.25, -0.2) is 4.79 Å². The predicted molar refractivity (Wildman–Crippen MR) is 70.7 cm³/mol. The normalized spacial score (nSPS) is 37.4. The summed E-state index contributed by atoms with van der Waals surface area (Å²) in [6, 6.07) is 0. The SMILES string of the molecule is CC(C)(C)OC(=O)N1CC[C@H]2C[C@@H]3C(=O)CCC[C@]231. The molecule has 4 heteroatoms. The summed E-state index contributed by atoms with van der Waals surface area (Å²) in [7, 11) is 0. The lowest BCUT2D eigenvalue weighted by molar-refractivity contribution is -0.145. The number of nitrogens with zero attached hydrogens (tertiary/aromatic N) is 1. The van der Waals surface area contributed by atoms with Crippen molar-refractivity contribution in [3.8, 4) is 0 Å². The Balaban J connectivity index is 1.83. The van der Waals surface area contributed by atoms with Crippen LogP contribution in [0.15, 0.2) is 0 Å². The van der Waals surface area contributed by atoms with Crippen LogP contribution in [-0.2, 0) is 9.53 Å².